The molecule has 1 saturated heterocycles. The van der Waals surface area contributed by atoms with Gasteiger partial charge in [0.1, 0.15) is 0 Å². The summed E-state index contributed by atoms with van der Waals surface area (Å²) in [5.74, 6) is 0. The highest BCUT2D eigenvalue weighted by molar-refractivity contribution is 4.78. The average Bonchev–Trinajstić information content (AvgIpc) is 2.69. The van der Waals surface area contributed by atoms with Gasteiger partial charge in [0.15, 0.2) is 0 Å². The van der Waals surface area contributed by atoms with Crippen LogP contribution in [0.2, 0.25) is 0 Å². The van der Waals surface area contributed by atoms with Gasteiger partial charge >= 0.3 is 0 Å². The SMILES string of the molecule is C1CCC(NCC2COCCN2)C1. The maximum absolute atomic E-state index is 5.39. The number of rotatable bonds is 3. The standard InChI is InChI=1S/C10H20N2O/c1-2-4-9(3-1)12-7-10-8-13-6-5-11-10/h9-12H,1-8H2. The van der Waals surface area contributed by atoms with E-state index in [1.165, 1.54) is 25.7 Å². The molecule has 1 saturated carbocycles. The maximum atomic E-state index is 5.39. The summed E-state index contributed by atoms with van der Waals surface area (Å²) in [6, 6.07) is 1.32. The van der Waals surface area contributed by atoms with Crippen LogP contribution in [0.25, 0.3) is 0 Å². The Morgan fingerprint density at radius 2 is 2.15 bits per heavy atom. The predicted octanol–water partition coefficient (Wildman–Crippen LogP) is 0.507. The van der Waals surface area contributed by atoms with Crippen molar-refractivity contribution in [2.24, 2.45) is 0 Å². The molecule has 3 heteroatoms. The summed E-state index contributed by atoms with van der Waals surface area (Å²) < 4.78 is 5.39. The van der Waals surface area contributed by atoms with Crippen molar-refractivity contribution in [2.75, 3.05) is 26.3 Å². The van der Waals surface area contributed by atoms with Crippen molar-refractivity contribution in [1.29, 1.82) is 0 Å². The van der Waals surface area contributed by atoms with Crippen molar-refractivity contribution in [2.45, 2.75) is 37.8 Å². The highest BCUT2D eigenvalue weighted by Gasteiger charge is 2.17. The average molecular weight is 184 g/mol. The van der Waals surface area contributed by atoms with Gasteiger partial charge in [-0.2, -0.15) is 0 Å². The van der Waals surface area contributed by atoms with Gasteiger partial charge in [-0.05, 0) is 12.8 Å². The quantitative estimate of drug-likeness (QED) is 0.670. The van der Waals surface area contributed by atoms with Crippen molar-refractivity contribution in [3.63, 3.8) is 0 Å². The monoisotopic (exact) mass is 184 g/mol. The predicted molar refractivity (Wildman–Crippen MR) is 52.9 cm³/mol. The van der Waals surface area contributed by atoms with Gasteiger partial charge in [-0.3, -0.25) is 0 Å². The lowest BCUT2D eigenvalue weighted by atomic mass is 10.2. The van der Waals surface area contributed by atoms with E-state index in [-0.39, 0.29) is 0 Å². The maximum Gasteiger partial charge on any atom is 0.0632 e. The van der Waals surface area contributed by atoms with Gasteiger partial charge in [-0.15, -0.1) is 0 Å². The van der Waals surface area contributed by atoms with E-state index in [9.17, 15) is 0 Å². The van der Waals surface area contributed by atoms with Crippen LogP contribution in [0.5, 0.6) is 0 Å². The van der Waals surface area contributed by atoms with Crippen molar-refractivity contribution in [1.82, 2.24) is 10.6 Å². The summed E-state index contributed by atoms with van der Waals surface area (Å²) >= 11 is 0. The minimum Gasteiger partial charge on any atom is -0.378 e. The number of ether oxygens (including phenoxy) is 1. The van der Waals surface area contributed by atoms with Crippen LogP contribution in [0, 0.1) is 0 Å². The topological polar surface area (TPSA) is 33.3 Å². The summed E-state index contributed by atoms with van der Waals surface area (Å²) in [7, 11) is 0. The zero-order chi connectivity index (χ0) is 8.93. The van der Waals surface area contributed by atoms with Crippen LogP contribution in [0.1, 0.15) is 25.7 Å². The van der Waals surface area contributed by atoms with Crippen molar-refractivity contribution in [3.8, 4) is 0 Å². The zero-order valence-electron chi connectivity index (χ0n) is 8.22. The molecule has 2 N–H and O–H groups in total. The van der Waals surface area contributed by atoms with E-state index in [2.05, 4.69) is 10.6 Å². The summed E-state index contributed by atoms with van der Waals surface area (Å²) in [5, 5.41) is 7.06. The van der Waals surface area contributed by atoms with E-state index >= 15 is 0 Å². The van der Waals surface area contributed by atoms with Crippen LogP contribution in [-0.4, -0.2) is 38.4 Å². The van der Waals surface area contributed by atoms with E-state index in [0.717, 1.165) is 32.3 Å². The molecule has 1 atom stereocenters. The molecule has 0 bridgehead atoms. The van der Waals surface area contributed by atoms with Crippen LogP contribution in [0.15, 0.2) is 0 Å². The van der Waals surface area contributed by atoms with Crippen molar-refractivity contribution in [3.05, 3.63) is 0 Å². The second kappa shape index (κ2) is 4.94. The fraction of sp³-hybridized carbons (Fsp3) is 1.00. The molecule has 13 heavy (non-hydrogen) atoms. The van der Waals surface area contributed by atoms with Crippen LogP contribution >= 0.6 is 0 Å². The Balaban J connectivity index is 1.60. The first-order valence-corrected chi connectivity index (χ1v) is 5.49. The molecule has 0 aromatic carbocycles. The largest absolute Gasteiger partial charge is 0.378 e. The molecule has 0 amide bonds. The lowest BCUT2D eigenvalue weighted by Gasteiger charge is -2.25. The van der Waals surface area contributed by atoms with Gasteiger partial charge in [0, 0.05) is 25.2 Å². The molecule has 1 unspecified atom stereocenters. The summed E-state index contributed by atoms with van der Waals surface area (Å²) in [4.78, 5) is 0. The molecular formula is C10H20N2O. The first kappa shape index (κ1) is 9.44. The Morgan fingerprint density at radius 3 is 2.85 bits per heavy atom. The van der Waals surface area contributed by atoms with Crippen LogP contribution < -0.4 is 10.6 Å². The van der Waals surface area contributed by atoms with Gasteiger partial charge in [-0.25, -0.2) is 0 Å². The molecular weight excluding hydrogens is 164 g/mol. The fourth-order valence-corrected chi connectivity index (χ4v) is 2.19. The number of morpholine rings is 1. The number of hydrogen-bond donors (Lipinski definition) is 2. The van der Waals surface area contributed by atoms with Crippen molar-refractivity contribution >= 4 is 0 Å². The normalized spacial score (nSPS) is 30.9. The molecule has 76 valence electrons. The Bertz CT molecular complexity index is 140. The molecule has 1 aliphatic carbocycles. The Morgan fingerprint density at radius 1 is 1.31 bits per heavy atom. The lowest BCUT2D eigenvalue weighted by Crippen LogP contribution is -2.48. The lowest BCUT2D eigenvalue weighted by molar-refractivity contribution is 0.0758. The number of nitrogens with one attached hydrogen (secondary N) is 2. The smallest absolute Gasteiger partial charge is 0.0632 e. The van der Waals surface area contributed by atoms with Gasteiger partial charge in [0.2, 0.25) is 0 Å². The van der Waals surface area contributed by atoms with Crippen LogP contribution in [-0.2, 0) is 4.74 Å². The summed E-state index contributed by atoms with van der Waals surface area (Å²) in [6.07, 6.45) is 5.56. The van der Waals surface area contributed by atoms with Gasteiger partial charge in [0.25, 0.3) is 0 Å². The van der Waals surface area contributed by atoms with E-state index in [0.29, 0.717) is 6.04 Å². The fourth-order valence-electron chi connectivity index (χ4n) is 2.19. The third-order valence-corrected chi connectivity index (χ3v) is 3.01. The molecule has 1 heterocycles. The molecule has 1 aliphatic heterocycles. The molecule has 2 aliphatic rings. The van der Waals surface area contributed by atoms with E-state index in [1.807, 2.05) is 0 Å². The Kier molecular flexibility index (Phi) is 3.58. The second-order valence-electron chi connectivity index (χ2n) is 4.12. The summed E-state index contributed by atoms with van der Waals surface area (Å²) in [5.41, 5.74) is 0. The van der Waals surface area contributed by atoms with Gasteiger partial charge in [-0.1, -0.05) is 12.8 Å². The molecule has 2 rings (SSSR count). The van der Waals surface area contributed by atoms with Crippen molar-refractivity contribution < 1.29 is 4.74 Å². The minimum absolute atomic E-state index is 0.536. The third kappa shape index (κ3) is 2.93. The minimum atomic E-state index is 0.536. The van der Waals surface area contributed by atoms with E-state index in [4.69, 9.17) is 4.74 Å². The molecule has 3 nitrogen and oxygen atoms in total. The first-order chi connectivity index (χ1) is 6.45. The highest BCUT2D eigenvalue weighted by atomic mass is 16.5. The third-order valence-electron chi connectivity index (χ3n) is 3.01. The molecule has 0 aromatic rings. The van der Waals surface area contributed by atoms with E-state index < -0.39 is 0 Å². The van der Waals surface area contributed by atoms with Crippen LogP contribution in [0.4, 0.5) is 0 Å². The second-order valence-corrected chi connectivity index (χ2v) is 4.12. The van der Waals surface area contributed by atoms with E-state index in [1.54, 1.807) is 0 Å². The molecule has 0 spiro atoms. The first-order valence-electron chi connectivity index (χ1n) is 5.49. The summed E-state index contributed by atoms with van der Waals surface area (Å²) in [6.45, 7) is 3.83. The molecule has 0 radical (unpaired) electrons. The van der Waals surface area contributed by atoms with Gasteiger partial charge < -0.3 is 15.4 Å². The Labute approximate surface area is 80.2 Å². The molecule has 2 fully saturated rings. The zero-order valence-corrected chi connectivity index (χ0v) is 8.22. The molecule has 0 aromatic heterocycles. The van der Waals surface area contributed by atoms with Crippen LogP contribution in [0.3, 0.4) is 0 Å². The van der Waals surface area contributed by atoms with Gasteiger partial charge in [0.05, 0.1) is 13.2 Å². The Hall–Kier alpha value is -0.120. The number of hydrogen-bond acceptors (Lipinski definition) is 3. The highest BCUT2D eigenvalue weighted by Crippen LogP contribution is 2.17.